The van der Waals surface area contributed by atoms with Crippen molar-refractivity contribution in [2.45, 2.75) is 6.92 Å². The van der Waals surface area contributed by atoms with Crippen LogP contribution in [-0.4, -0.2) is 62.5 Å². The first-order chi connectivity index (χ1) is 14.0. The highest BCUT2D eigenvalue weighted by molar-refractivity contribution is 5.99. The molecule has 0 saturated carbocycles. The van der Waals surface area contributed by atoms with Crippen LogP contribution in [0.25, 0.3) is 0 Å². The van der Waals surface area contributed by atoms with Gasteiger partial charge in [-0.1, -0.05) is 24.3 Å². The lowest BCUT2D eigenvalue weighted by Crippen LogP contribution is -2.51. The van der Waals surface area contributed by atoms with Crippen LogP contribution in [0.1, 0.15) is 17.3 Å². The second-order valence-corrected chi connectivity index (χ2v) is 6.85. The van der Waals surface area contributed by atoms with E-state index in [2.05, 4.69) is 17.0 Å². The number of benzene rings is 2. The van der Waals surface area contributed by atoms with Gasteiger partial charge in [-0.3, -0.25) is 9.59 Å². The Balaban J connectivity index is 1.65. The number of ether oxygens (including phenoxy) is 1. The first kappa shape index (κ1) is 20.4. The molecular weight excluding hydrogens is 370 g/mol. The van der Waals surface area contributed by atoms with Gasteiger partial charge in [-0.05, 0) is 30.3 Å². The van der Waals surface area contributed by atoms with Crippen LogP contribution in [0, 0.1) is 0 Å². The molecule has 1 aliphatic heterocycles. The van der Waals surface area contributed by atoms with E-state index in [4.69, 9.17) is 4.74 Å². The number of carbonyl (C=O) groups excluding carboxylic acids is 3. The monoisotopic (exact) mass is 395 g/mol. The van der Waals surface area contributed by atoms with Gasteiger partial charge in [0.15, 0.2) is 0 Å². The second kappa shape index (κ2) is 9.23. The predicted octanol–water partition coefficient (Wildman–Crippen LogP) is 2.17. The van der Waals surface area contributed by atoms with Crippen LogP contribution in [0.5, 0.6) is 0 Å². The molecule has 0 aromatic heterocycles. The molecule has 0 radical (unpaired) electrons. The summed E-state index contributed by atoms with van der Waals surface area (Å²) in [5, 5.41) is 0. The molecule has 0 atom stereocenters. The largest absolute Gasteiger partial charge is 0.465 e. The topological polar surface area (TPSA) is 70.2 Å². The van der Waals surface area contributed by atoms with Crippen LogP contribution in [0.15, 0.2) is 54.6 Å². The number of hydrogen-bond donors (Lipinski definition) is 0. The molecule has 0 spiro atoms. The molecule has 1 fully saturated rings. The highest BCUT2D eigenvalue weighted by atomic mass is 16.5. The van der Waals surface area contributed by atoms with Crippen molar-refractivity contribution in [1.29, 1.82) is 0 Å². The van der Waals surface area contributed by atoms with E-state index in [0.717, 1.165) is 18.8 Å². The summed E-state index contributed by atoms with van der Waals surface area (Å²) in [7, 11) is 1.30. The summed E-state index contributed by atoms with van der Waals surface area (Å²) < 4.78 is 4.73. The summed E-state index contributed by atoms with van der Waals surface area (Å²) in [5.74, 6) is -0.863. The summed E-state index contributed by atoms with van der Waals surface area (Å²) >= 11 is 0. The van der Waals surface area contributed by atoms with E-state index in [0.29, 0.717) is 24.3 Å². The van der Waals surface area contributed by atoms with Crippen molar-refractivity contribution in [3.8, 4) is 0 Å². The third-order valence-corrected chi connectivity index (χ3v) is 5.01. The molecular formula is C22H25N3O4. The van der Waals surface area contributed by atoms with Gasteiger partial charge in [-0.2, -0.15) is 0 Å². The lowest BCUT2D eigenvalue weighted by molar-refractivity contribution is -0.131. The molecule has 0 aliphatic carbocycles. The standard InChI is InChI=1S/C22H25N3O4/c1-17(26)25(20-10-6-7-18(15-20)22(28)29-2)16-21(27)24-13-11-23(12-14-24)19-8-4-3-5-9-19/h3-10,15H,11-14,16H2,1-2H3. The molecule has 152 valence electrons. The van der Waals surface area contributed by atoms with Crippen molar-refractivity contribution in [2.75, 3.05) is 49.6 Å². The molecule has 7 heteroatoms. The van der Waals surface area contributed by atoms with Crippen molar-refractivity contribution >= 4 is 29.2 Å². The highest BCUT2D eigenvalue weighted by Gasteiger charge is 2.25. The van der Waals surface area contributed by atoms with Gasteiger partial charge in [0, 0.05) is 44.5 Å². The molecule has 0 unspecified atom stereocenters. The number of para-hydroxylation sites is 1. The van der Waals surface area contributed by atoms with Gasteiger partial charge in [0.1, 0.15) is 6.54 Å². The fourth-order valence-electron chi connectivity index (χ4n) is 3.39. The van der Waals surface area contributed by atoms with Gasteiger partial charge in [-0.25, -0.2) is 4.79 Å². The average Bonchev–Trinajstić information content (AvgIpc) is 2.77. The minimum Gasteiger partial charge on any atom is -0.465 e. The minimum atomic E-state index is -0.487. The Labute approximate surface area is 170 Å². The molecule has 2 aromatic rings. The van der Waals surface area contributed by atoms with E-state index in [1.807, 2.05) is 18.2 Å². The van der Waals surface area contributed by atoms with Crippen LogP contribution >= 0.6 is 0 Å². The lowest BCUT2D eigenvalue weighted by atomic mass is 10.2. The predicted molar refractivity (Wildman–Crippen MR) is 111 cm³/mol. The first-order valence-corrected chi connectivity index (χ1v) is 9.54. The van der Waals surface area contributed by atoms with E-state index in [9.17, 15) is 14.4 Å². The third kappa shape index (κ3) is 4.93. The van der Waals surface area contributed by atoms with Gasteiger partial charge in [0.05, 0.1) is 12.7 Å². The van der Waals surface area contributed by atoms with Crippen molar-refractivity contribution < 1.29 is 19.1 Å². The fourth-order valence-corrected chi connectivity index (χ4v) is 3.39. The SMILES string of the molecule is COC(=O)c1cccc(N(CC(=O)N2CCN(c3ccccc3)CC2)C(C)=O)c1. The molecule has 2 aromatic carbocycles. The summed E-state index contributed by atoms with van der Waals surface area (Å²) in [6.45, 7) is 4.03. The Bertz CT molecular complexity index is 877. The number of rotatable bonds is 5. The van der Waals surface area contributed by atoms with Gasteiger partial charge in [0.2, 0.25) is 11.8 Å². The Kier molecular flexibility index (Phi) is 6.49. The number of piperazine rings is 1. The molecule has 2 amide bonds. The van der Waals surface area contributed by atoms with Crippen LogP contribution in [0.2, 0.25) is 0 Å². The fraction of sp³-hybridized carbons (Fsp3) is 0.318. The van der Waals surface area contributed by atoms with E-state index < -0.39 is 5.97 Å². The quantitative estimate of drug-likeness (QED) is 0.726. The second-order valence-electron chi connectivity index (χ2n) is 6.85. The molecule has 0 N–H and O–H groups in total. The zero-order valence-corrected chi connectivity index (χ0v) is 16.7. The van der Waals surface area contributed by atoms with Gasteiger partial charge < -0.3 is 19.4 Å². The van der Waals surface area contributed by atoms with E-state index in [1.165, 1.54) is 18.9 Å². The molecule has 1 saturated heterocycles. The van der Waals surface area contributed by atoms with E-state index in [1.54, 1.807) is 29.2 Å². The summed E-state index contributed by atoms with van der Waals surface area (Å²) in [6.07, 6.45) is 0. The van der Waals surface area contributed by atoms with Crippen molar-refractivity contribution in [3.05, 3.63) is 60.2 Å². The highest BCUT2D eigenvalue weighted by Crippen LogP contribution is 2.19. The average molecular weight is 395 g/mol. The molecule has 1 aliphatic rings. The van der Waals surface area contributed by atoms with Gasteiger partial charge in [0.25, 0.3) is 0 Å². The van der Waals surface area contributed by atoms with E-state index in [-0.39, 0.29) is 18.4 Å². The number of hydrogen-bond acceptors (Lipinski definition) is 5. The Morgan fingerprint density at radius 3 is 2.28 bits per heavy atom. The Morgan fingerprint density at radius 2 is 1.66 bits per heavy atom. The van der Waals surface area contributed by atoms with Crippen LogP contribution in [-0.2, 0) is 14.3 Å². The maximum Gasteiger partial charge on any atom is 0.337 e. The van der Waals surface area contributed by atoms with Crippen molar-refractivity contribution in [1.82, 2.24) is 4.90 Å². The number of methoxy groups -OCH3 is 1. The summed E-state index contributed by atoms with van der Waals surface area (Å²) in [5.41, 5.74) is 1.97. The van der Waals surface area contributed by atoms with Crippen LogP contribution in [0.4, 0.5) is 11.4 Å². The number of esters is 1. The summed E-state index contributed by atoms with van der Waals surface area (Å²) in [6, 6.07) is 16.6. The zero-order valence-electron chi connectivity index (χ0n) is 16.7. The molecule has 7 nitrogen and oxygen atoms in total. The summed E-state index contributed by atoms with van der Waals surface area (Å²) in [4.78, 5) is 42.2. The van der Waals surface area contributed by atoms with Crippen molar-refractivity contribution in [3.63, 3.8) is 0 Å². The van der Waals surface area contributed by atoms with Gasteiger partial charge in [-0.15, -0.1) is 0 Å². The normalized spacial score (nSPS) is 13.7. The van der Waals surface area contributed by atoms with Crippen LogP contribution in [0.3, 0.4) is 0 Å². The number of anilines is 2. The number of amides is 2. The van der Waals surface area contributed by atoms with Gasteiger partial charge >= 0.3 is 5.97 Å². The van der Waals surface area contributed by atoms with Crippen molar-refractivity contribution in [2.24, 2.45) is 0 Å². The molecule has 1 heterocycles. The molecule has 29 heavy (non-hydrogen) atoms. The van der Waals surface area contributed by atoms with Crippen LogP contribution < -0.4 is 9.80 Å². The maximum atomic E-state index is 12.8. The molecule has 3 rings (SSSR count). The maximum absolute atomic E-state index is 12.8. The first-order valence-electron chi connectivity index (χ1n) is 9.54. The minimum absolute atomic E-state index is 0.0642. The third-order valence-electron chi connectivity index (χ3n) is 5.01. The van der Waals surface area contributed by atoms with E-state index >= 15 is 0 Å². The number of carbonyl (C=O) groups is 3. The zero-order chi connectivity index (χ0) is 20.8. The molecule has 0 bridgehead atoms. The Hall–Kier alpha value is -3.35. The number of nitrogens with zero attached hydrogens (tertiary/aromatic N) is 3. The smallest absolute Gasteiger partial charge is 0.337 e. The Morgan fingerprint density at radius 1 is 0.966 bits per heavy atom. The lowest BCUT2D eigenvalue weighted by Gasteiger charge is -2.37.